The van der Waals surface area contributed by atoms with Gasteiger partial charge < -0.3 is 29.7 Å². The first-order valence-corrected chi connectivity index (χ1v) is 9.92. The Morgan fingerprint density at radius 2 is 1.71 bits per heavy atom. The number of rotatable bonds is 6. The molecule has 1 heterocycles. The van der Waals surface area contributed by atoms with Crippen molar-refractivity contribution in [1.82, 2.24) is 4.90 Å². The van der Waals surface area contributed by atoms with E-state index in [0.717, 1.165) is 0 Å². The summed E-state index contributed by atoms with van der Waals surface area (Å²) >= 11 is 0. The Hall–Kier alpha value is -3.75. The second-order valence-electron chi connectivity index (χ2n) is 6.89. The third-order valence-electron chi connectivity index (χ3n) is 5.00. The van der Waals surface area contributed by atoms with E-state index in [-0.39, 0.29) is 17.3 Å². The highest BCUT2D eigenvalue weighted by molar-refractivity contribution is 6.08. The highest BCUT2D eigenvalue weighted by Crippen LogP contribution is 2.25. The lowest BCUT2D eigenvalue weighted by atomic mass is 10.1. The van der Waals surface area contributed by atoms with Gasteiger partial charge in [-0.2, -0.15) is 0 Å². The molecule has 1 saturated heterocycles. The summed E-state index contributed by atoms with van der Waals surface area (Å²) in [6.45, 7) is 4.15. The van der Waals surface area contributed by atoms with Crippen LogP contribution < -0.4 is 15.0 Å². The molecular formula is C22H25N3O6. The van der Waals surface area contributed by atoms with E-state index in [1.165, 1.54) is 13.2 Å². The minimum atomic E-state index is -1.14. The van der Waals surface area contributed by atoms with Crippen molar-refractivity contribution in [2.24, 2.45) is 0 Å². The maximum atomic E-state index is 12.5. The van der Waals surface area contributed by atoms with Gasteiger partial charge in [0.05, 0.1) is 25.0 Å². The molecule has 2 aromatic carbocycles. The molecule has 2 amide bonds. The fourth-order valence-corrected chi connectivity index (χ4v) is 3.31. The molecule has 1 aliphatic heterocycles. The van der Waals surface area contributed by atoms with Gasteiger partial charge in [0.1, 0.15) is 5.75 Å². The van der Waals surface area contributed by atoms with E-state index in [2.05, 4.69) is 5.32 Å². The standard InChI is InChI=1S/C22H25N3O6/c1-3-31-22(29)25-12-10-24(11-13-25)16-6-9-19(18(14-16)21(27)28)23-20(26)15-4-7-17(30-2)8-5-15/h4-9,14H,3,10-13H2,1-2H3,(H,23,26)(H,27,28). The van der Waals surface area contributed by atoms with Gasteiger partial charge in [0.2, 0.25) is 0 Å². The molecule has 2 aromatic rings. The highest BCUT2D eigenvalue weighted by atomic mass is 16.6. The molecular weight excluding hydrogens is 402 g/mol. The number of anilines is 2. The topological polar surface area (TPSA) is 108 Å². The Kier molecular flexibility index (Phi) is 6.96. The molecule has 2 N–H and O–H groups in total. The highest BCUT2D eigenvalue weighted by Gasteiger charge is 2.23. The third kappa shape index (κ3) is 5.25. The van der Waals surface area contributed by atoms with E-state index in [0.29, 0.717) is 49.8 Å². The molecule has 0 bridgehead atoms. The summed E-state index contributed by atoms with van der Waals surface area (Å²) in [6, 6.07) is 11.4. The summed E-state index contributed by atoms with van der Waals surface area (Å²) in [5, 5.41) is 12.3. The number of carboxylic acids is 1. The molecule has 0 atom stereocenters. The number of benzene rings is 2. The molecule has 0 aliphatic carbocycles. The molecule has 9 nitrogen and oxygen atoms in total. The molecule has 0 spiro atoms. The maximum Gasteiger partial charge on any atom is 0.409 e. The molecule has 0 aromatic heterocycles. The molecule has 3 rings (SSSR count). The summed E-state index contributed by atoms with van der Waals surface area (Å²) < 4.78 is 10.1. The Morgan fingerprint density at radius 3 is 2.29 bits per heavy atom. The van der Waals surface area contributed by atoms with Gasteiger partial charge in [-0.15, -0.1) is 0 Å². The summed E-state index contributed by atoms with van der Waals surface area (Å²) in [5.74, 6) is -0.937. The number of carboxylic acid groups (broad SMARTS) is 1. The normalized spacial score (nSPS) is 13.5. The molecule has 0 saturated carbocycles. The summed E-state index contributed by atoms with van der Waals surface area (Å²) in [4.78, 5) is 39.8. The number of aromatic carboxylic acids is 1. The van der Waals surface area contributed by atoms with Crippen LogP contribution in [0.3, 0.4) is 0 Å². The lowest BCUT2D eigenvalue weighted by molar-refractivity contribution is 0.0698. The molecule has 164 valence electrons. The van der Waals surface area contributed by atoms with E-state index in [4.69, 9.17) is 9.47 Å². The van der Waals surface area contributed by atoms with E-state index >= 15 is 0 Å². The van der Waals surface area contributed by atoms with Crippen LogP contribution in [0.2, 0.25) is 0 Å². The smallest absolute Gasteiger partial charge is 0.409 e. The van der Waals surface area contributed by atoms with Gasteiger partial charge in [-0.1, -0.05) is 0 Å². The fourth-order valence-electron chi connectivity index (χ4n) is 3.31. The van der Waals surface area contributed by atoms with Crippen LogP contribution in [0.15, 0.2) is 42.5 Å². The van der Waals surface area contributed by atoms with E-state index in [1.54, 1.807) is 48.2 Å². The molecule has 31 heavy (non-hydrogen) atoms. The molecule has 9 heteroatoms. The summed E-state index contributed by atoms with van der Waals surface area (Å²) in [7, 11) is 1.53. The first-order valence-electron chi connectivity index (χ1n) is 9.92. The van der Waals surface area contributed by atoms with Crippen LogP contribution in [0.25, 0.3) is 0 Å². The Morgan fingerprint density at radius 1 is 1.03 bits per heavy atom. The van der Waals surface area contributed by atoms with Crippen LogP contribution >= 0.6 is 0 Å². The van der Waals surface area contributed by atoms with Crippen LogP contribution in [0.4, 0.5) is 16.2 Å². The minimum absolute atomic E-state index is 0.00724. The molecule has 0 radical (unpaired) electrons. The zero-order chi connectivity index (χ0) is 22.4. The average molecular weight is 427 g/mol. The number of carbonyl (C=O) groups excluding carboxylic acids is 2. The van der Waals surface area contributed by atoms with Crippen molar-refractivity contribution < 1.29 is 29.0 Å². The predicted octanol–water partition coefficient (Wildman–Crippen LogP) is 2.92. The van der Waals surface area contributed by atoms with E-state index < -0.39 is 11.9 Å². The summed E-state index contributed by atoms with van der Waals surface area (Å²) in [5.41, 5.74) is 1.30. The number of ether oxygens (including phenoxy) is 2. The van der Waals surface area contributed by atoms with Gasteiger partial charge in [0.25, 0.3) is 5.91 Å². The second kappa shape index (κ2) is 9.84. The van der Waals surface area contributed by atoms with Crippen molar-refractivity contribution in [1.29, 1.82) is 0 Å². The van der Waals surface area contributed by atoms with Crippen LogP contribution in [0.5, 0.6) is 5.75 Å². The van der Waals surface area contributed by atoms with Gasteiger partial charge in [-0.3, -0.25) is 4.79 Å². The lowest BCUT2D eigenvalue weighted by Gasteiger charge is -2.35. The predicted molar refractivity (Wildman–Crippen MR) is 115 cm³/mol. The second-order valence-corrected chi connectivity index (χ2v) is 6.89. The molecule has 1 fully saturated rings. The monoisotopic (exact) mass is 427 g/mol. The van der Waals surface area contributed by atoms with E-state index in [1.807, 2.05) is 4.90 Å². The number of methoxy groups -OCH3 is 1. The van der Waals surface area contributed by atoms with Crippen LogP contribution in [0, 0.1) is 0 Å². The fraction of sp³-hybridized carbons (Fsp3) is 0.318. The van der Waals surface area contributed by atoms with Crippen LogP contribution in [-0.2, 0) is 4.74 Å². The quantitative estimate of drug-likeness (QED) is 0.730. The third-order valence-corrected chi connectivity index (χ3v) is 5.00. The van der Waals surface area contributed by atoms with E-state index in [9.17, 15) is 19.5 Å². The Bertz CT molecular complexity index is 952. The minimum Gasteiger partial charge on any atom is -0.497 e. The van der Waals surface area contributed by atoms with Gasteiger partial charge >= 0.3 is 12.1 Å². The number of carbonyl (C=O) groups is 3. The first-order chi connectivity index (χ1) is 14.9. The number of nitrogens with zero attached hydrogens (tertiary/aromatic N) is 2. The maximum absolute atomic E-state index is 12.5. The van der Waals surface area contributed by atoms with Crippen LogP contribution in [0.1, 0.15) is 27.6 Å². The Labute approximate surface area is 180 Å². The van der Waals surface area contributed by atoms with Crippen molar-refractivity contribution in [2.45, 2.75) is 6.92 Å². The molecule has 1 aliphatic rings. The molecule has 0 unspecified atom stereocenters. The zero-order valence-corrected chi connectivity index (χ0v) is 17.5. The number of nitrogens with one attached hydrogen (secondary N) is 1. The van der Waals surface area contributed by atoms with Gasteiger partial charge in [0.15, 0.2) is 0 Å². The summed E-state index contributed by atoms with van der Waals surface area (Å²) in [6.07, 6.45) is -0.343. The average Bonchev–Trinajstić information content (AvgIpc) is 2.79. The van der Waals surface area contributed by atoms with Crippen LogP contribution in [-0.4, -0.2) is 67.9 Å². The Balaban J connectivity index is 1.72. The van der Waals surface area contributed by atoms with Crippen molar-refractivity contribution in [3.63, 3.8) is 0 Å². The lowest BCUT2D eigenvalue weighted by Crippen LogP contribution is -2.49. The zero-order valence-electron chi connectivity index (χ0n) is 17.5. The number of hydrogen-bond donors (Lipinski definition) is 2. The number of amides is 2. The largest absolute Gasteiger partial charge is 0.497 e. The number of hydrogen-bond acceptors (Lipinski definition) is 6. The van der Waals surface area contributed by atoms with Crippen molar-refractivity contribution in [3.05, 3.63) is 53.6 Å². The van der Waals surface area contributed by atoms with Gasteiger partial charge in [-0.05, 0) is 49.4 Å². The van der Waals surface area contributed by atoms with Crippen molar-refractivity contribution in [3.8, 4) is 5.75 Å². The van der Waals surface area contributed by atoms with Crippen molar-refractivity contribution >= 4 is 29.3 Å². The number of piperazine rings is 1. The SMILES string of the molecule is CCOC(=O)N1CCN(c2ccc(NC(=O)c3ccc(OC)cc3)c(C(=O)O)c2)CC1. The van der Waals surface area contributed by atoms with Gasteiger partial charge in [0, 0.05) is 37.4 Å². The van der Waals surface area contributed by atoms with Gasteiger partial charge in [-0.25, -0.2) is 9.59 Å². The van der Waals surface area contributed by atoms with Crippen molar-refractivity contribution in [2.75, 3.05) is 50.1 Å². The first kappa shape index (κ1) is 21.9.